The Morgan fingerprint density at radius 1 is 0.849 bits per heavy atom. The smallest absolute Gasteiger partial charge is 0.473 e. The molecule has 5 heterocycles. The molecular formula is C50H68N13O22P. The molecule has 36 heteroatoms. The highest BCUT2D eigenvalue weighted by molar-refractivity contribution is 7.47. The van der Waals surface area contributed by atoms with E-state index in [1.807, 2.05) is 13.8 Å². The number of aromatic amines is 2. The molecule has 0 spiro atoms. The summed E-state index contributed by atoms with van der Waals surface area (Å²) in [7, 11) is -5.11. The van der Waals surface area contributed by atoms with E-state index < -0.39 is 124 Å². The number of aliphatic imine (C=N–C) groups is 1. The second-order valence-electron chi connectivity index (χ2n) is 20.0. The summed E-state index contributed by atoms with van der Waals surface area (Å²) in [4.78, 5) is 107. The van der Waals surface area contributed by atoms with Crippen molar-refractivity contribution in [1.29, 1.82) is 0 Å². The number of H-pyrrole nitrogens is 2. The minimum absolute atomic E-state index is 0.0281. The summed E-state index contributed by atoms with van der Waals surface area (Å²) in [6.45, 7) is 6.62. The number of aliphatic hydroxyl groups is 5. The number of ether oxygens (including phenoxy) is 2. The predicted molar refractivity (Wildman–Crippen MR) is 303 cm³/mol. The number of phosphoric ester groups is 1. The summed E-state index contributed by atoms with van der Waals surface area (Å²) < 4.78 is 32.0. The third-order valence-electron chi connectivity index (χ3n) is 13.5. The number of rotatable bonds is 29. The first-order chi connectivity index (χ1) is 40.6. The van der Waals surface area contributed by atoms with E-state index >= 15 is 0 Å². The Labute approximate surface area is 487 Å². The first kappa shape index (κ1) is 66.8. The third-order valence-corrected chi connectivity index (χ3v) is 14.4. The number of aromatic nitrogens is 4. The zero-order valence-electron chi connectivity index (χ0n) is 45.9. The van der Waals surface area contributed by atoms with Crippen LogP contribution in [-0.2, 0) is 48.7 Å². The van der Waals surface area contributed by atoms with Crippen molar-refractivity contribution in [3.05, 3.63) is 80.4 Å². The van der Waals surface area contributed by atoms with Crippen LogP contribution in [0.2, 0.25) is 0 Å². The summed E-state index contributed by atoms with van der Waals surface area (Å²) in [5, 5.41) is 109. The molecule has 7 rings (SSSR count). The van der Waals surface area contributed by atoms with Crippen LogP contribution in [0.5, 0.6) is 0 Å². The van der Waals surface area contributed by atoms with E-state index in [9.17, 15) is 68.6 Å². The van der Waals surface area contributed by atoms with E-state index in [0.29, 0.717) is 41.7 Å². The maximum atomic E-state index is 12.5. The number of hydrogen-bond donors (Lipinski definition) is 20. The summed E-state index contributed by atoms with van der Waals surface area (Å²) in [5.74, 6) is -5.25. The fraction of sp³-hybridized carbons (Fsp3) is 0.480. The third kappa shape index (κ3) is 18.8. The largest absolute Gasteiger partial charge is 0.481 e. The molecule has 1 fully saturated rings. The van der Waals surface area contributed by atoms with E-state index in [2.05, 4.69) is 77.9 Å². The number of carboxylic acid groups (broad SMARTS) is 4. The van der Waals surface area contributed by atoms with Crippen LogP contribution in [0.15, 0.2) is 63.1 Å². The Morgan fingerprint density at radius 3 is 2.13 bits per heavy atom. The SMILES string of the molecule is C=Nc1nc2c(c(=O)[nH]1)NC([C@@H](C)Nc1ccc(C[C@H](O)[C@H](O)[C@H](O)CO[C@H]3O[C@H](COP(=O)(O)O[C@@H](CCC(=O)O)C(=O)O)[C@@H](O)[C@H]3O)cc1)[C@H](C)N2.Nc1nc2c(c(=O)[nH]1)NC(CNc1ccc(C(=O)N[C@@H](CCC(=O)O)C(=O)O)cc1)CN2. The molecule has 86 heavy (non-hydrogen) atoms. The number of hydrogen-bond acceptors (Lipinski definition) is 27. The van der Waals surface area contributed by atoms with Gasteiger partial charge in [0.1, 0.15) is 47.9 Å². The van der Waals surface area contributed by atoms with Gasteiger partial charge in [-0.3, -0.25) is 43.0 Å². The molecule has 14 atom stereocenters. The molecule has 0 aliphatic carbocycles. The zero-order chi connectivity index (χ0) is 63.2. The van der Waals surface area contributed by atoms with E-state index in [4.69, 9.17) is 35.6 Å². The molecule has 1 saturated heterocycles. The van der Waals surface area contributed by atoms with Crippen LogP contribution in [0.4, 0.5) is 46.3 Å². The molecule has 3 aliphatic heterocycles. The number of nitrogens with one attached hydrogen (secondary N) is 9. The van der Waals surface area contributed by atoms with Crippen LogP contribution >= 0.6 is 7.82 Å². The number of benzene rings is 2. The molecule has 2 aromatic carbocycles. The monoisotopic (exact) mass is 1230 g/mol. The molecule has 470 valence electrons. The van der Waals surface area contributed by atoms with Gasteiger partial charge in [0.25, 0.3) is 17.0 Å². The lowest BCUT2D eigenvalue weighted by molar-refractivity contribution is -0.192. The van der Waals surface area contributed by atoms with Crippen molar-refractivity contribution in [2.75, 3.05) is 63.9 Å². The van der Waals surface area contributed by atoms with Gasteiger partial charge in [0, 0.05) is 61.4 Å². The Hall–Kier alpha value is -8.35. The molecular weight excluding hydrogens is 1170 g/mol. The lowest BCUT2D eigenvalue weighted by Gasteiger charge is -2.37. The molecule has 0 bridgehead atoms. The van der Waals surface area contributed by atoms with Crippen LogP contribution in [0, 0.1) is 0 Å². The normalized spacial score (nSPS) is 22.2. The number of nitrogens with two attached hydrogens (primary N) is 1. The van der Waals surface area contributed by atoms with Gasteiger partial charge in [0.05, 0.1) is 31.4 Å². The van der Waals surface area contributed by atoms with Crippen molar-refractivity contribution >= 4 is 90.6 Å². The maximum Gasteiger partial charge on any atom is 0.473 e. The van der Waals surface area contributed by atoms with Gasteiger partial charge < -0.3 is 103 Å². The van der Waals surface area contributed by atoms with Crippen molar-refractivity contribution in [2.24, 2.45) is 4.99 Å². The lowest BCUT2D eigenvalue weighted by Crippen LogP contribution is -2.51. The van der Waals surface area contributed by atoms with Crippen molar-refractivity contribution in [3.8, 4) is 0 Å². The van der Waals surface area contributed by atoms with E-state index in [0.717, 1.165) is 5.69 Å². The number of fused-ring (bicyclic) bond motifs is 2. The quantitative estimate of drug-likeness (QED) is 0.0216. The average Bonchev–Trinajstić information content (AvgIpc) is 2.07. The number of anilines is 7. The van der Waals surface area contributed by atoms with Gasteiger partial charge in [-0.1, -0.05) is 12.1 Å². The fourth-order valence-corrected chi connectivity index (χ4v) is 9.77. The first-order valence-corrected chi connectivity index (χ1v) is 27.9. The number of carbonyl (C=O) groups is 5. The second kappa shape index (κ2) is 30.1. The molecule has 1 amide bonds. The molecule has 3 unspecified atom stereocenters. The van der Waals surface area contributed by atoms with Crippen LogP contribution in [0.3, 0.4) is 0 Å². The Kier molecular flexibility index (Phi) is 23.4. The van der Waals surface area contributed by atoms with Gasteiger partial charge in [0.15, 0.2) is 24.0 Å². The molecule has 21 N–H and O–H groups in total. The molecule has 3 aliphatic rings. The van der Waals surface area contributed by atoms with Crippen molar-refractivity contribution in [3.63, 3.8) is 0 Å². The number of nitrogens with zero attached hydrogens (tertiary/aromatic N) is 3. The molecule has 35 nitrogen and oxygen atoms in total. The molecule has 0 saturated carbocycles. The van der Waals surface area contributed by atoms with Gasteiger partial charge in [-0.2, -0.15) is 9.97 Å². The zero-order valence-corrected chi connectivity index (χ0v) is 46.8. The summed E-state index contributed by atoms with van der Waals surface area (Å²) >= 11 is 0. The Balaban J connectivity index is 0.000000313. The standard InChI is InChI=1S/C31H45N6O16P.C19H23N7O6/c1-13(22-14(2)34-27-23(35-22)28(45)37-31(32-3)36-27)33-16-6-4-15(5-7-16)10-17(38)24(42)18(39)11-50-30-26(44)25(43)20(52-30)12-51-54(48,49)53-19(29(46)47)8-9-21(40)41;20-19-25-15-14(17(30)26-19)23-11(8-22-15)7-21-10-3-1-9(2-4-10)16(29)24-12(18(31)32)5-6-13(27)28/h4-7,13-14,17-20,22,24-26,30,33,35,38-39,42-44H,3,8-12H2,1-2H3,(H,40,41)(H,46,47)(H,48,49)(H2,34,36,37,45);1-4,11-12,21,23H,5-8H2,(H,24,29)(H,27,28)(H,31,32)(H4,20,22,25,26,30)/t13-,14+,17+,18-,19+,20-,22?,24+,25-,26-,30+;11?,12-/m10/s1. The predicted octanol–water partition coefficient (Wildman–Crippen LogP) is -1.54. The van der Waals surface area contributed by atoms with E-state index in [1.165, 1.54) is 12.1 Å². The number of nitrogen functional groups attached to an aromatic ring is 1. The highest BCUT2D eigenvalue weighted by Gasteiger charge is 2.46. The fourth-order valence-electron chi connectivity index (χ4n) is 8.85. The van der Waals surface area contributed by atoms with Gasteiger partial charge in [-0.15, -0.1) is 0 Å². The number of aliphatic carboxylic acids is 4. The lowest BCUT2D eigenvalue weighted by atomic mass is 9.98. The Bertz CT molecular complexity index is 3200. The topological polar surface area (TPSA) is 556 Å². The van der Waals surface area contributed by atoms with Gasteiger partial charge >= 0.3 is 31.7 Å². The number of amides is 1. The van der Waals surface area contributed by atoms with Crippen molar-refractivity contribution in [2.45, 2.75) is 125 Å². The van der Waals surface area contributed by atoms with Gasteiger partial charge in [-0.05, 0) is 75.4 Å². The molecule has 2 aromatic heterocycles. The number of phosphoric acid groups is 1. The number of aliphatic hydroxyl groups excluding tert-OH is 5. The molecule has 0 radical (unpaired) electrons. The summed E-state index contributed by atoms with van der Waals surface area (Å²) in [6, 6.07) is 11.3. The van der Waals surface area contributed by atoms with E-state index in [1.54, 1.807) is 36.4 Å². The van der Waals surface area contributed by atoms with Crippen LogP contribution in [-0.4, -0.2) is 213 Å². The number of carbonyl (C=O) groups excluding carboxylic acids is 1. The first-order valence-electron chi connectivity index (χ1n) is 26.4. The van der Waals surface area contributed by atoms with Gasteiger partial charge in [0.2, 0.25) is 11.9 Å². The van der Waals surface area contributed by atoms with Crippen LogP contribution < -0.4 is 54.1 Å². The second-order valence-corrected chi connectivity index (χ2v) is 21.4. The number of carboxylic acids is 4. The van der Waals surface area contributed by atoms with Crippen LogP contribution in [0.1, 0.15) is 55.5 Å². The summed E-state index contributed by atoms with van der Waals surface area (Å²) in [6.07, 6.45) is -15.5. The highest BCUT2D eigenvalue weighted by Crippen LogP contribution is 2.46. The van der Waals surface area contributed by atoms with Gasteiger partial charge in [-0.25, -0.2) is 19.1 Å². The summed E-state index contributed by atoms with van der Waals surface area (Å²) in [5.41, 5.74) is 7.62. The van der Waals surface area contributed by atoms with Crippen LogP contribution in [0.25, 0.3) is 0 Å². The van der Waals surface area contributed by atoms with Crippen molar-refractivity contribution < 1.29 is 97.9 Å². The minimum atomic E-state index is -5.11. The highest BCUT2D eigenvalue weighted by atomic mass is 31.2. The minimum Gasteiger partial charge on any atom is -0.481 e. The van der Waals surface area contributed by atoms with Crippen molar-refractivity contribution in [1.82, 2.24) is 25.3 Å². The maximum absolute atomic E-state index is 12.5. The average molecular weight is 1230 g/mol. The van der Waals surface area contributed by atoms with E-state index in [-0.39, 0.29) is 72.1 Å². The molecule has 4 aromatic rings. The Morgan fingerprint density at radius 2 is 1.49 bits per heavy atom.